The molecule has 4 aromatic rings. The molecular formula is C25H34F2N10O2. The SMILES string of the molecule is CCCC[C@@H](CO)Nc1nc(N)nc2cc(F)cnc12.CCC[C@@H](CO)Nc1nc(N)nc2cc(F)cnc12. The predicted octanol–water partition coefficient (Wildman–Crippen LogP) is 3.03. The van der Waals surface area contributed by atoms with Gasteiger partial charge in [-0.3, -0.25) is 0 Å². The van der Waals surface area contributed by atoms with Crippen molar-refractivity contribution in [2.24, 2.45) is 0 Å². The largest absolute Gasteiger partial charge is 0.394 e. The summed E-state index contributed by atoms with van der Waals surface area (Å²) < 4.78 is 26.3. The predicted molar refractivity (Wildman–Crippen MR) is 147 cm³/mol. The second kappa shape index (κ2) is 14.2. The van der Waals surface area contributed by atoms with Crippen LogP contribution in [0, 0.1) is 11.6 Å². The zero-order valence-electron chi connectivity index (χ0n) is 21.9. The fraction of sp³-hybridized carbons (Fsp3) is 0.440. The fourth-order valence-corrected chi connectivity index (χ4v) is 3.83. The van der Waals surface area contributed by atoms with Gasteiger partial charge in [-0.1, -0.05) is 33.1 Å². The van der Waals surface area contributed by atoms with E-state index in [1.165, 1.54) is 12.1 Å². The summed E-state index contributed by atoms with van der Waals surface area (Å²) in [7, 11) is 0. The van der Waals surface area contributed by atoms with Gasteiger partial charge in [0.15, 0.2) is 11.6 Å². The quantitative estimate of drug-likeness (QED) is 0.162. The number of aliphatic hydroxyl groups excluding tert-OH is 2. The molecule has 0 saturated carbocycles. The average Bonchev–Trinajstić information content (AvgIpc) is 2.90. The maximum absolute atomic E-state index is 13.2. The average molecular weight is 545 g/mol. The van der Waals surface area contributed by atoms with E-state index >= 15 is 0 Å². The highest BCUT2D eigenvalue weighted by Crippen LogP contribution is 2.22. The van der Waals surface area contributed by atoms with Gasteiger partial charge in [0.1, 0.15) is 22.7 Å². The number of rotatable bonds is 11. The monoisotopic (exact) mass is 544 g/mol. The molecule has 14 heteroatoms. The van der Waals surface area contributed by atoms with E-state index in [4.69, 9.17) is 11.5 Å². The van der Waals surface area contributed by atoms with Gasteiger partial charge in [-0.2, -0.15) is 9.97 Å². The van der Waals surface area contributed by atoms with E-state index < -0.39 is 11.6 Å². The fourth-order valence-electron chi connectivity index (χ4n) is 3.83. The van der Waals surface area contributed by atoms with Gasteiger partial charge in [0.2, 0.25) is 11.9 Å². The van der Waals surface area contributed by atoms with Crippen LogP contribution in [0.25, 0.3) is 22.1 Å². The zero-order valence-corrected chi connectivity index (χ0v) is 21.9. The number of pyridine rings is 2. The third-order valence-electron chi connectivity index (χ3n) is 5.71. The molecule has 0 fully saturated rings. The lowest BCUT2D eigenvalue weighted by molar-refractivity contribution is 0.267. The molecule has 0 aliphatic heterocycles. The Kier molecular flexibility index (Phi) is 10.8. The minimum Gasteiger partial charge on any atom is -0.394 e. The first-order valence-corrected chi connectivity index (χ1v) is 12.7. The Bertz CT molecular complexity index is 1370. The Balaban J connectivity index is 0.000000216. The van der Waals surface area contributed by atoms with Gasteiger partial charge in [-0.25, -0.2) is 28.7 Å². The Morgan fingerprint density at radius 3 is 1.62 bits per heavy atom. The molecule has 4 heterocycles. The van der Waals surface area contributed by atoms with Gasteiger partial charge < -0.3 is 32.3 Å². The van der Waals surface area contributed by atoms with Gasteiger partial charge in [-0.05, 0) is 12.8 Å². The van der Waals surface area contributed by atoms with Crippen molar-refractivity contribution in [3.05, 3.63) is 36.2 Å². The summed E-state index contributed by atoms with van der Waals surface area (Å²) >= 11 is 0. The molecule has 0 bridgehead atoms. The van der Waals surface area contributed by atoms with Crippen LogP contribution in [-0.2, 0) is 0 Å². The van der Waals surface area contributed by atoms with Gasteiger partial charge in [-0.15, -0.1) is 0 Å². The summed E-state index contributed by atoms with van der Waals surface area (Å²) in [6, 6.07) is 2.22. The van der Waals surface area contributed by atoms with Crippen molar-refractivity contribution >= 4 is 45.6 Å². The zero-order chi connectivity index (χ0) is 28.4. The van der Waals surface area contributed by atoms with Crippen molar-refractivity contribution in [3.8, 4) is 0 Å². The maximum Gasteiger partial charge on any atom is 0.222 e. The number of halogens is 2. The Morgan fingerprint density at radius 1 is 0.744 bits per heavy atom. The molecule has 0 saturated heterocycles. The Labute approximate surface area is 224 Å². The molecule has 0 aliphatic carbocycles. The molecule has 0 aromatic carbocycles. The second-order valence-electron chi connectivity index (χ2n) is 8.88. The first-order chi connectivity index (χ1) is 18.8. The first kappa shape index (κ1) is 29.5. The Hall–Kier alpha value is -4.04. The molecule has 0 radical (unpaired) electrons. The lowest BCUT2D eigenvalue weighted by Crippen LogP contribution is -2.24. The summed E-state index contributed by atoms with van der Waals surface area (Å²) in [5, 5.41) is 24.8. The van der Waals surface area contributed by atoms with Crippen molar-refractivity contribution in [2.75, 3.05) is 35.3 Å². The minimum absolute atomic E-state index is 0.0212. The maximum atomic E-state index is 13.2. The highest BCUT2D eigenvalue weighted by atomic mass is 19.1. The number of nitrogen functional groups attached to an aromatic ring is 2. The molecule has 12 nitrogen and oxygen atoms in total. The smallest absolute Gasteiger partial charge is 0.222 e. The van der Waals surface area contributed by atoms with Crippen LogP contribution in [0.5, 0.6) is 0 Å². The summed E-state index contributed by atoms with van der Waals surface area (Å²) in [6.45, 7) is 4.05. The lowest BCUT2D eigenvalue weighted by atomic mass is 10.1. The number of hydrogen-bond donors (Lipinski definition) is 6. The van der Waals surface area contributed by atoms with E-state index in [0.717, 1.165) is 44.5 Å². The summed E-state index contributed by atoms with van der Waals surface area (Å²) in [5.74, 6) is -0.0529. The molecule has 4 rings (SSSR count). The second-order valence-corrected chi connectivity index (χ2v) is 8.88. The van der Waals surface area contributed by atoms with E-state index in [9.17, 15) is 19.0 Å². The van der Waals surface area contributed by atoms with Gasteiger partial charge >= 0.3 is 0 Å². The lowest BCUT2D eigenvalue weighted by Gasteiger charge is -2.17. The molecular weight excluding hydrogens is 510 g/mol. The molecule has 0 unspecified atom stereocenters. The summed E-state index contributed by atoms with van der Waals surface area (Å²) in [4.78, 5) is 24.0. The van der Waals surface area contributed by atoms with Crippen molar-refractivity contribution in [3.63, 3.8) is 0 Å². The van der Waals surface area contributed by atoms with Crippen molar-refractivity contribution in [2.45, 2.75) is 58.0 Å². The number of aliphatic hydroxyl groups is 2. The molecule has 4 aromatic heterocycles. The van der Waals surface area contributed by atoms with Crippen LogP contribution >= 0.6 is 0 Å². The van der Waals surface area contributed by atoms with Crippen molar-refractivity contribution < 1.29 is 19.0 Å². The highest BCUT2D eigenvalue weighted by Gasteiger charge is 2.14. The molecule has 210 valence electrons. The van der Waals surface area contributed by atoms with E-state index in [0.29, 0.717) is 33.7 Å². The van der Waals surface area contributed by atoms with Crippen LogP contribution in [0.2, 0.25) is 0 Å². The van der Waals surface area contributed by atoms with E-state index in [2.05, 4.69) is 47.5 Å². The molecule has 0 aliphatic rings. The van der Waals surface area contributed by atoms with E-state index in [1.54, 1.807) is 0 Å². The van der Waals surface area contributed by atoms with E-state index in [1.807, 2.05) is 6.92 Å². The topological polar surface area (TPSA) is 194 Å². The number of unbranched alkanes of at least 4 members (excludes halogenated alkanes) is 1. The summed E-state index contributed by atoms with van der Waals surface area (Å²) in [6.07, 6.45) is 6.72. The molecule has 2 atom stereocenters. The van der Waals surface area contributed by atoms with Gasteiger partial charge in [0.05, 0.1) is 48.7 Å². The van der Waals surface area contributed by atoms with Crippen LogP contribution < -0.4 is 22.1 Å². The number of aromatic nitrogens is 6. The van der Waals surface area contributed by atoms with Crippen LogP contribution in [0.3, 0.4) is 0 Å². The van der Waals surface area contributed by atoms with Gasteiger partial charge in [0.25, 0.3) is 0 Å². The number of fused-ring (bicyclic) bond motifs is 2. The van der Waals surface area contributed by atoms with Crippen LogP contribution in [0.1, 0.15) is 46.0 Å². The first-order valence-electron chi connectivity index (χ1n) is 12.7. The number of nitrogens with one attached hydrogen (secondary N) is 2. The standard InChI is InChI=1S/C13H18FN5O.C12H16FN5O/c1-2-3-4-9(7-20)17-12-11-10(18-13(15)19-12)5-8(14)6-16-11;1-2-3-8(6-19)16-11-10-9(17-12(14)18-11)4-7(13)5-15-10/h5-6,9,20H,2-4,7H2,1H3,(H3,15,17,18,19);4-5,8,19H,2-3,6H2,1H3,(H3,14,16,17,18)/t9-;8-/m00/s1. The van der Waals surface area contributed by atoms with Crippen molar-refractivity contribution in [1.29, 1.82) is 0 Å². The molecule has 0 spiro atoms. The minimum atomic E-state index is -0.483. The summed E-state index contributed by atoms with van der Waals surface area (Å²) in [5.41, 5.74) is 12.8. The highest BCUT2D eigenvalue weighted by molar-refractivity contribution is 5.86. The molecule has 0 amide bonds. The Morgan fingerprint density at radius 2 is 1.21 bits per heavy atom. The van der Waals surface area contributed by atoms with Gasteiger partial charge in [0, 0.05) is 12.1 Å². The normalized spacial score (nSPS) is 12.6. The number of nitrogens with two attached hydrogens (primary N) is 2. The van der Waals surface area contributed by atoms with Crippen LogP contribution in [0.4, 0.5) is 32.3 Å². The molecule has 8 N–H and O–H groups in total. The third-order valence-corrected chi connectivity index (χ3v) is 5.71. The number of hydrogen-bond acceptors (Lipinski definition) is 12. The van der Waals surface area contributed by atoms with Crippen LogP contribution in [-0.4, -0.2) is 65.4 Å². The molecule has 39 heavy (non-hydrogen) atoms. The third kappa shape index (κ3) is 8.22. The van der Waals surface area contributed by atoms with Crippen LogP contribution in [0.15, 0.2) is 24.5 Å². The van der Waals surface area contributed by atoms with E-state index in [-0.39, 0.29) is 37.2 Å². The van der Waals surface area contributed by atoms with Crippen molar-refractivity contribution in [1.82, 2.24) is 29.9 Å². The number of anilines is 4. The number of nitrogens with zero attached hydrogens (tertiary/aromatic N) is 6.